The van der Waals surface area contributed by atoms with Crippen LogP contribution in [-0.2, 0) is 27.2 Å². The molecule has 31 heavy (non-hydrogen) atoms. The molecule has 3 aliphatic rings. The molecule has 1 aliphatic carbocycles. The zero-order valence-electron chi connectivity index (χ0n) is 18.4. The summed E-state index contributed by atoms with van der Waals surface area (Å²) in [4.78, 5) is 14.2. The summed E-state index contributed by atoms with van der Waals surface area (Å²) < 4.78 is 11.3. The summed E-state index contributed by atoms with van der Waals surface area (Å²) in [6.45, 7) is 3.85. The van der Waals surface area contributed by atoms with Crippen molar-refractivity contribution in [3.05, 3.63) is 59.2 Å². The lowest BCUT2D eigenvalue weighted by molar-refractivity contribution is -0.126. The van der Waals surface area contributed by atoms with Gasteiger partial charge in [0.05, 0.1) is 11.7 Å². The lowest BCUT2D eigenvalue weighted by atomic mass is 9.88. The van der Waals surface area contributed by atoms with Gasteiger partial charge in [-0.3, -0.25) is 9.69 Å². The van der Waals surface area contributed by atoms with Crippen molar-refractivity contribution < 1.29 is 14.3 Å². The second-order valence-electron chi connectivity index (χ2n) is 9.30. The fraction of sp³-hybridized carbons (Fsp3) is 0.500. The molecule has 0 saturated carbocycles. The third kappa shape index (κ3) is 4.40. The normalized spacial score (nSPS) is 21.8. The van der Waals surface area contributed by atoms with Crippen LogP contribution in [0.15, 0.2) is 42.5 Å². The molecule has 2 aliphatic heterocycles. The molecule has 5 rings (SSSR count). The summed E-state index contributed by atoms with van der Waals surface area (Å²) in [7, 11) is 1.54. The number of rotatable bonds is 6. The lowest BCUT2D eigenvalue weighted by Crippen LogP contribution is -2.45. The Kier molecular flexibility index (Phi) is 5.83. The minimum Gasteiger partial charge on any atom is -0.375 e. The predicted octanol–water partition coefficient (Wildman–Crippen LogP) is 3.53. The fourth-order valence-corrected chi connectivity index (χ4v) is 5.49. The van der Waals surface area contributed by atoms with E-state index in [-0.39, 0.29) is 24.2 Å². The number of carbonyl (C=O) groups excluding carboxylic acids is 1. The Morgan fingerprint density at radius 1 is 1.13 bits per heavy atom. The van der Waals surface area contributed by atoms with Crippen molar-refractivity contribution in [2.75, 3.05) is 33.4 Å². The molecule has 2 aromatic carbocycles. The number of nitrogens with one attached hydrogen (secondary N) is 1. The van der Waals surface area contributed by atoms with Gasteiger partial charge < -0.3 is 14.8 Å². The zero-order valence-corrected chi connectivity index (χ0v) is 18.4. The Labute approximate surface area is 184 Å². The summed E-state index contributed by atoms with van der Waals surface area (Å²) in [5.74, 6) is -0.0701. The van der Waals surface area contributed by atoms with Crippen LogP contribution >= 0.6 is 0 Å². The van der Waals surface area contributed by atoms with Crippen molar-refractivity contribution in [2.45, 2.75) is 50.4 Å². The quantitative estimate of drug-likeness (QED) is 0.663. The highest BCUT2D eigenvalue weighted by molar-refractivity contribution is 5.77. The molecule has 2 heterocycles. The summed E-state index contributed by atoms with van der Waals surface area (Å²) in [6, 6.07) is 15.8. The summed E-state index contributed by atoms with van der Waals surface area (Å²) in [6.07, 6.45) is 5.46. The maximum Gasteiger partial charge on any atom is 0.246 e. The van der Waals surface area contributed by atoms with E-state index < -0.39 is 0 Å². The third-order valence-electron chi connectivity index (χ3n) is 7.17. The number of amides is 1. The number of hydrogen-bond donors (Lipinski definition) is 1. The molecule has 1 spiro atoms. The molecular formula is C26H32N2O3. The first-order chi connectivity index (χ1) is 15.1. The van der Waals surface area contributed by atoms with E-state index in [0.717, 1.165) is 51.7 Å². The van der Waals surface area contributed by atoms with Gasteiger partial charge in [-0.15, -0.1) is 0 Å². The number of benzene rings is 2. The monoisotopic (exact) mass is 420 g/mol. The van der Waals surface area contributed by atoms with Crippen LogP contribution in [-0.4, -0.2) is 55.9 Å². The van der Waals surface area contributed by atoms with Crippen molar-refractivity contribution in [3.63, 3.8) is 0 Å². The van der Waals surface area contributed by atoms with Gasteiger partial charge in [0.25, 0.3) is 0 Å². The van der Waals surface area contributed by atoms with Crippen LogP contribution in [0.25, 0.3) is 11.1 Å². The highest BCUT2D eigenvalue weighted by atomic mass is 16.5. The molecule has 0 aromatic heterocycles. The van der Waals surface area contributed by atoms with Gasteiger partial charge in [0.15, 0.2) is 0 Å². The number of ether oxygens (including phenoxy) is 2. The minimum atomic E-state index is -0.0701. The van der Waals surface area contributed by atoms with E-state index in [1.807, 2.05) is 0 Å². The Morgan fingerprint density at radius 3 is 2.77 bits per heavy atom. The van der Waals surface area contributed by atoms with E-state index >= 15 is 0 Å². The number of fused-ring (bicyclic) bond motifs is 3. The minimum absolute atomic E-state index is 0.00668. The number of piperidine rings is 1. The highest BCUT2D eigenvalue weighted by Crippen LogP contribution is 2.40. The van der Waals surface area contributed by atoms with Crippen LogP contribution in [0.5, 0.6) is 0 Å². The van der Waals surface area contributed by atoms with Gasteiger partial charge in [-0.25, -0.2) is 0 Å². The number of nitrogens with zero attached hydrogens (tertiary/aromatic N) is 1. The van der Waals surface area contributed by atoms with E-state index in [9.17, 15) is 4.79 Å². The standard InChI is InChI=1S/C26H32N2O3/c1-30-18-25(29)27-16-22-8-9-26(31-22)10-12-28(13-11-26)17-19-6-7-24-21(14-19)15-20-4-2-3-5-23(20)24/h2-7,14,22H,8-13,15-18H2,1H3,(H,27,29)/t22-/m0/s1. The van der Waals surface area contributed by atoms with Crippen LogP contribution < -0.4 is 5.32 Å². The summed E-state index contributed by atoms with van der Waals surface area (Å²) in [5, 5.41) is 2.92. The van der Waals surface area contributed by atoms with E-state index in [1.165, 1.54) is 34.9 Å². The molecule has 164 valence electrons. The average molecular weight is 421 g/mol. The van der Waals surface area contributed by atoms with E-state index in [1.54, 1.807) is 0 Å². The molecule has 1 N–H and O–H groups in total. The largest absolute Gasteiger partial charge is 0.375 e. The molecule has 0 radical (unpaired) electrons. The van der Waals surface area contributed by atoms with Gasteiger partial charge in [0.2, 0.25) is 5.91 Å². The molecule has 2 aromatic rings. The van der Waals surface area contributed by atoms with Crippen molar-refractivity contribution in [1.29, 1.82) is 0 Å². The van der Waals surface area contributed by atoms with Crippen molar-refractivity contribution in [2.24, 2.45) is 0 Å². The first kappa shape index (κ1) is 20.7. The highest BCUT2D eigenvalue weighted by Gasteiger charge is 2.42. The SMILES string of the molecule is COCC(=O)NC[C@@H]1CCC2(CCN(Cc3ccc4c(c3)Cc3ccccc3-4)CC2)O1. The van der Waals surface area contributed by atoms with Crippen LogP contribution in [0.4, 0.5) is 0 Å². The number of methoxy groups -OCH3 is 1. The van der Waals surface area contributed by atoms with Crippen LogP contribution in [0.1, 0.15) is 42.4 Å². The van der Waals surface area contributed by atoms with E-state index in [2.05, 4.69) is 52.7 Å². The van der Waals surface area contributed by atoms with Gasteiger partial charge in [-0.05, 0) is 59.9 Å². The van der Waals surface area contributed by atoms with Crippen molar-refractivity contribution in [1.82, 2.24) is 10.2 Å². The maximum absolute atomic E-state index is 11.6. The van der Waals surface area contributed by atoms with E-state index in [4.69, 9.17) is 9.47 Å². The Bertz CT molecular complexity index is 949. The smallest absolute Gasteiger partial charge is 0.246 e. The predicted molar refractivity (Wildman–Crippen MR) is 121 cm³/mol. The molecule has 0 unspecified atom stereocenters. The second-order valence-corrected chi connectivity index (χ2v) is 9.30. The number of hydrogen-bond acceptors (Lipinski definition) is 4. The fourth-order valence-electron chi connectivity index (χ4n) is 5.49. The first-order valence-corrected chi connectivity index (χ1v) is 11.5. The molecule has 1 amide bonds. The van der Waals surface area contributed by atoms with Gasteiger partial charge in [-0.2, -0.15) is 0 Å². The van der Waals surface area contributed by atoms with Crippen LogP contribution in [0, 0.1) is 0 Å². The molecular weight excluding hydrogens is 388 g/mol. The maximum atomic E-state index is 11.6. The topological polar surface area (TPSA) is 50.8 Å². The Morgan fingerprint density at radius 2 is 1.94 bits per heavy atom. The van der Waals surface area contributed by atoms with Crippen LogP contribution in [0.2, 0.25) is 0 Å². The van der Waals surface area contributed by atoms with Gasteiger partial charge in [0.1, 0.15) is 6.61 Å². The molecule has 2 fully saturated rings. The Hall–Kier alpha value is -2.21. The van der Waals surface area contributed by atoms with Gasteiger partial charge >= 0.3 is 0 Å². The average Bonchev–Trinajstić information content (AvgIpc) is 3.35. The number of likely N-dealkylation sites (tertiary alicyclic amines) is 1. The Balaban J connectivity index is 1.13. The molecule has 0 bridgehead atoms. The summed E-state index contributed by atoms with van der Waals surface area (Å²) in [5.41, 5.74) is 7.13. The van der Waals surface area contributed by atoms with Crippen molar-refractivity contribution >= 4 is 5.91 Å². The second kappa shape index (κ2) is 8.73. The van der Waals surface area contributed by atoms with Gasteiger partial charge in [-0.1, -0.05) is 42.5 Å². The molecule has 5 heteroatoms. The van der Waals surface area contributed by atoms with Gasteiger partial charge in [0, 0.05) is 33.3 Å². The molecule has 5 nitrogen and oxygen atoms in total. The lowest BCUT2D eigenvalue weighted by Gasteiger charge is -2.39. The molecule has 1 atom stereocenters. The zero-order chi connectivity index (χ0) is 21.3. The number of carbonyl (C=O) groups is 1. The van der Waals surface area contributed by atoms with Crippen LogP contribution in [0.3, 0.4) is 0 Å². The first-order valence-electron chi connectivity index (χ1n) is 11.5. The summed E-state index contributed by atoms with van der Waals surface area (Å²) >= 11 is 0. The third-order valence-corrected chi connectivity index (χ3v) is 7.17. The molecule has 2 saturated heterocycles. The van der Waals surface area contributed by atoms with Crippen molar-refractivity contribution in [3.8, 4) is 11.1 Å². The van der Waals surface area contributed by atoms with E-state index in [0.29, 0.717) is 6.54 Å².